The van der Waals surface area contributed by atoms with Gasteiger partial charge in [-0.3, -0.25) is 0 Å². The summed E-state index contributed by atoms with van der Waals surface area (Å²) in [6.07, 6.45) is 10.3. The van der Waals surface area contributed by atoms with E-state index in [2.05, 4.69) is 51.7 Å². The van der Waals surface area contributed by atoms with E-state index in [0.29, 0.717) is 5.25 Å². The number of thioether (sulfide) groups is 2. The lowest BCUT2D eigenvalue weighted by molar-refractivity contribution is 1.22. The van der Waals surface area contributed by atoms with E-state index in [1.165, 1.54) is 9.81 Å². The Bertz CT molecular complexity index is 285. The zero-order valence-electron chi connectivity index (χ0n) is 10.7. The fourth-order valence-corrected chi connectivity index (χ4v) is 3.41. The Kier molecular flexibility index (Phi) is 9.65. The van der Waals surface area contributed by atoms with Gasteiger partial charge in [0.15, 0.2) is 0 Å². The average Bonchev–Trinajstić information content (AvgIpc) is 2.26. The Morgan fingerprint density at radius 3 is 2.50 bits per heavy atom. The molecular weight excluding hydrogens is 232 g/mol. The SMILES string of the molecule is C=C/C=C(/C=C/C)SC(C)/C(=C/C)SCC. The van der Waals surface area contributed by atoms with E-state index in [1.807, 2.05) is 36.5 Å². The van der Waals surface area contributed by atoms with E-state index < -0.39 is 0 Å². The summed E-state index contributed by atoms with van der Waals surface area (Å²) >= 11 is 3.81. The van der Waals surface area contributed by atoms with Crippen LogP contribution in [0.2, 0.25) is 0 Å². The first-order valence-corrected chi connectivity index (χ1v) is 7.47. The van der Waals surface area contributed by atoms with Gasteiger partial charge in [0.25, 0.3) is 0 Å². The largest absolute Gasteiger partial charge is 0.130 e. The molecule has 0 radical (unpaired) electrons. The molecule has 0 heterocycles. The van der Waals surface area contributed by atoms with Crippen molar-refractivity contribution < 1.29 is 0 Å². The standard InChI is InChI=1S/C14H22S2/c1-6-10-13(11-7-2)16-12(5)14(8-3)15-9-4/h6-8,10-12H,1,9H2,2-5H3/b11-7+,13-10-,14-8-. The normalized spacial score (nSPS) is 15.5. The third-order valence-corrected chi connectivity index (χ3v) is 4.43. The first kappa shape index (κ1) is 15.7. The van der Waals surface area contributed by atoms with Crippen LogP contribution in [0.1, 0.15) is 27.7 Å². The summed E-state index contributed by atoms with van der Waals surface area (Å²) in [7, 11) is 0. The summed E-state index contributed by atoms with van der Waals surface area (Å²) in [5, 5.41) is 0.511. The summed E-state index contributed by atoms with van der Waals surface area (Å²) in [6.45, 7) is 12.3. The van der Waals surface area contributed by atoms with Gasteiger partial charge in [-0.2, -0.15) is 0 Å². The van der Waals surface area contributed by atoms with E-state index >= 15 is 0 Å². The highest BCUT2D eigenvalue weighted by Gasteiger charge is 2.09. The molecule has 0 saturated carbocycles. The van der Waals surface area contributed by atoms with Crippen molar-refractivity contribution >= 4 is 23.5 Å². The molecule has 0 aromatic heterocycles. The molecule has 0 aromatic rings. The molecule has 0 aliphatic heterocycles. The average molecular weight is 254 g/mol. The zero-order valence-corrected chi connectivity index (χ0v) is 12.3. The van der Waals surface area contributed by atoms with Crippen LogP contribution in [0.15, 0.2) is 46.8 Å². The summed E-state index contributed by atoms with van der Waals surface area (Å²) < 4.78 is 0. The molecule has 1 atom stereocenters. The van der Waals surface area contributed by atoms with Crippen LogP contribution in [-0.2, 0) is 0 Å². The van der Waals surface area contributed by atoms with Crippen LogP contribution >= 0.6 is 23.5 Å². The minimum Gasteiger partial charge on any atom is -0.130 e. The van der Waals surface area contributed by atoms with Gasteiger partial charge in [-0.05, 0) is 37.5 Å². The molecule has 0 aliphatic rings. The highest BCUT2D eigenvalue weighted by Crippen LogP contribution is 2.33. The predicted octanol–water partition coefficient (Wildman–Crippen LogP) is 5.41. The van der Waals surface area contributed by atoms with E-state index in [-0.39, 0.29) is 0 Å². The zero-order chi connectivity index (χ0) is 12.4. The Labute approximate surface area is 109 Å². The predicted molar refractivity (Wildman–Crippen MR) is 82.0 cm³/mol. The van der Waals surface area contributed by atoms with E-state index in [0.717, 1.165) is 5.75 Å². The quantitative estimate of drug-likeness (QED) is 0.557. The molecule has 2 heteroatoms. The Balaban J connectivity index is 4.55. The lowest BCUT2D eigenvalue weighted by Gasteiger charge is -2.14. The summed E-state index contributed by atoms with van der Waals surface area (Å²) in [5.74, 6) is 1.13. The summed E-state index contributed by atoms with van der Waals surface area (Å²) in [5.41, 5.74) is 0. The van der Waals surface area contributed by atoms with Gasteiger partial charge in [0.05, 0.1) is 0 Å². The number of hydrogen-bond acceptors (Lipinski definition) is 2. The molecule has 0 nitrogen and oxygen atoms in total. The van der Waals surface area contributed by atoms with Crippen LogP contribution in [0, 0.1) is 0 Å². The number of rotatable bonds is 7. The molecule has 0 spiro atoms. The van der Waals surface area contributed by atoms with Gasteiger partial charge in [-0.1, -0.05) is 37.8 Å². The van der Waals surface area contributed by atoms with Crippen molar-refractivity contribution in [2.45, 2.75) is 32.9 Å². The van der Waals surface area contributed by atoms with Gasteiger partial charge < -0.3 is 0 Å². The van der Waals surface area contributed by atoms with Crippen molar-refractivity contribution in [2.75, 3.05) is 5.75 Å². The third-order valence-electron chi connectivity index (χ3n) is 1.92. The first-order valence-electron chi connectivity index (χ1n) is 5.60. The van der Waals surface area contributed by atoms with Crippen molar-refractivity contribution in [2.24, 2.45) is 0 Å². The second-order valence-electron chi connectivity index (χ2n) is 3.19. The molecule has 0 bridgehead atoms. The van der Waals surface area contributed by atoms with Crippen molar-refractivity contribution in [3.05, 3.63) is 46.8 Å². The number of allylic oxidation sites excluding steroid dienone is 5. The second-order valence-corrected chi connectivity index (χ2v) is 5.94. The lowest BCUT2D eigenvalue weighted by atomic mass is 10.4. The fourth-order valence-electron chi connectivity index (χ4n) is 1.28. The van der Waals surface area contributed by atoms with Crippen LogP contribution in [0.4, 0.5) is 0 Å². The maximum atomic E-state index is 3.75. The molecule has 0 saturated heterocycles. The minimum atomic E-state index is 0.511. The summed E-state index contributed by atoms with van der Waals surface area (Å²) in [6, 6.07) is 0. The smallest absolute Gasteiger partial charge is 0.0372 e. The third kappa shape index (κ3) is 6.29. The van der Waals surface area contributed by atoms with Crippen LogP contribution < -0.4 is 0 Å². The highest BCUT2D eigenvalue weighted by molar-refractivity contribution is 8.07. The second kappa shape index (κ2) is 9.86. The van der Waals surface area contributed by atoms with Gasteiger partial charge in [-0.15, -0.1) is 23.5 Å². The topological polar surface area (TPSA) is 0 Å². The van der Waals surface area contributed by atoms with Gasteiger partial charge >= 0.3 is 0 Å². The molecule has 1 unspecified atom stereocenters. The maximum Gasteiger partial charge on any atom is 0.0372 e. The Hall–Kier alpha value is -0.340. The minimum absolute atomic E-state index is 0.511. The molecule has 0 rings (SSSR count). The molecule has 16 heavy (non-hydrogen) atoms. The van der Waals surface area contributed by atoms with Gasteiger partial charge in [0.2, 0.25) is 0 Å². The van der Waals surface area contributed by atoms with Crippen LogP contribution in [0.3, 0.4) is 0 Å². The molecule has 0 aliphatic carbocycles. The van der Waals surface area contributed by atoms with E-state index in [4.69, 9.17) is 0 Å². The van der Waals surface area contributed by atoms with Crippen LogP contribution in [-0.4, -0.2) is 11.0 Å². The van der Waals surface area contributed by atoms with Gasteiger partial charge in [0, 0.05) is 10.2 Å². The van der Waals surface area contributed by atoms with Crippen LogP contribution in [0.5, 0.6) is 0 Å². The highest BCUT2D eigenvalue weighted by atomic mass is 32.2. The van der Waals surface area contributed by atoms with Crippen molar-refractivity contribution in [3.8, 4) is 0 Å². The van der Waals surface area contributed by atoms with Gasteiger partial charge in [-0.25, -0.2) is 0 Å². The van der Waals surface area contributed by atoms with Crippen LogP contribution in [0.25, 0.3) is 0 Å². The van der Waals surface area contributed by atoms with Crippen molar-refractivity contribution in [1.29, 1.82) is 0 Å². The Morgan fingerprint density at radius 1 is 1.38 bits per heavy atom. The lowest BCUT2D eigenvalue weighted by Crippen LogP contribution is -1.98. The van der Waals surface area contributed by atoms with E-state index in [9.17, 15) is 0 Å². The Morgan fingerprint density at radius 2 is 2.06 bits per heavy atom. The van der Waals surface area contributed by atoms with E-state index in [1.54, 1.807) is 0 Å². The fraction of sp³-hybridized carbons (Fsp3) is 0.429. The molecule has 0 aromatic carbocycles. The van der Waals surface area contributed by atoms with Crippen molar-refractivity contribution in [1.82, 2.24) is 0 Å². The van der Waals surface area contributed by atoms with Crippen molar-refractivity contribution in [3.63, 3.8) is 0 Å². The van der Waals surface area contributed by atoms with Gasteiger partial charge in [0.1, 0.15) is 0 Å². The number of hydrogen-bond donors (Lipinski definition) is 0. The maximum absolute atomic E-state index is 3.75. The summed E-state index contributed by atoms with van der Waals surface area (Å²) in [4.78, 5) is 2.72. The molecular formula is C14H22S2. The monoisotopic (exact) mass is 254 g/mol. The molecule has 90 valence electrons. The molecule has 0 amide bonds. The molecule has 0 N–H and O–H groups in total. The molecule has 0 fully saturated rings. The first-order chi connectivity index (χ1) is 7.69.